The van der Waals surface area contributed by atoms with Crippen molar-refractivity contribution in [3.8, 4) is 0 Å². The number of ether oxygens (including phenoxy) is 1. The van der Waals surface area contributed by atoms with Gasteiger partial charge in [-0.2, -0.15) is 11.3 Å². The lowest BCUT2D eigenvalue weighted by molar-refractivity contribution is -0.151. The number of carbonyl (C=O) groups excluding carboxylic acids is 2. The summed E-state index contributed by atoms with van der Waals surface area (Å²) in [7, 11) is 1.15. The van der Waals surface area contributed by atoms with E-state index in [1.165, 1.54) is 11.3 Å². The second-order valence-electron chi connectivity index (χ2n) is 2.28. The first-order valence-corrected chi connectivity index (χ1v) is 4.83. The molecule has 0 amide bonds. The maximum absolute atomic E-state index is 11.2. The van der Waals surface area contributed by atoms with Crippen molar-refractivity contribution in [2.75, 3.05) is 7.11 Å². The summed E-state index contributed by atoms with van der Waals surface area (Å²) in [5, 5.41) is 2.58. The molecule has 1 rings (SSSR count). The highest BCUT2D eigenvalue weighted by Gasteiger charge is 2.25. The third-order valence-corrected chi connectivity index (χ3v) is 2.60. The number of methoxy groups -OCH3 is 1. The van der Waals surface area contributed by atoms with Crippen LogP contribution < -0.4 is 0 Å². The Morgan fingerprint density at radius 3 is 2.77 bits per heavy atom. The van der Waals surface area contributed by atoms with Crippen LogP contribution >= 0.6 is 22.9 Å². The van der Waals surface area contributed by atoms with Crippen LogP contribution in [0.5, 0.6) is 0 Å². The van der Waals surface area contributed by atoms with Crippen LogP contribution in [0.1, 0.15) is 10.9 Å². The van der Waals surface area contributed by atoms with Gasteiger partial charge in [-0.1, -0.05) is 0 Å². The van der Waals surface area contributed by atoms with E-state index in [9.17, 15) is 9.59 Å². The van der Waals surface area contributed by atoms with E-state index in [4.69, 9.17) is 11.6 Å². The topological polar surface area (TPSA) is 43.4 Å². The summed E-state index contributed by atoms with van der Waals surface area (Å²) in [6.45, 7) is 0. The largest absolute Gasteiger partial charge is 0.463 e. The maximum atomic E-state index is 11.2. The van der Waals surface area contributed by atoms with E-state index < -0.39 is 17.1 Å². The van der Waals surface area contributed by atoms with Gasteiger partial charge in [0.1, 0.15) is 5.38 Å². The summed E-state index contributed by atoms with van der Waals surface area (Å²) in [4.78, 5) is 22.0. The maximum Gasteiger partial charge on any atom is 0.376 e. The van der Waals surface area contributed by atoms with Crippen molar-refractivity contribution < 1.29 is 14.3 Å². The van der Waals surface area contributed by atoms with E-state index in [0.717, 1.165) is 7.11 Å². The Morgan fingerprint density at radius 2 is 2.31 bits per heavy atom. The molecule has 1 heterocycles. The van der Waals surface area contributed by atoms with Crippen LogP contribution in [0, 0.1) is 0 Å². The predicted octanol–water partition coefficient (Wildman–Crippen LogP) is 1.77. The minimum atomic E-state index is -0.932. The zero-order valence-corrected chi connectivity index (χ0v) is 8.39. The van der Waals surface area contributed by atoms with Crippen LogP contribution in [-0.2, 0) is 14.3 Å². The molecule has 0 saturated carbocycles. The fourth-order valence-corrected chi connectivity index (χ4v) is 1.76. The number of ketones is 1. The van der Waals surface area contributed by atoms with Gasteiger partial charge in [-0.3, -0.25) is 4.79 Å². The quantitative estimate of drug-likeness (QED) is 0.441. The molecule has 70 valence electrons. The smallest absolute Gasteiger partial charge is 0.376 e. The normalized spacial score (nSPS) is 12.2. The van der Waals surface area contributed by atoms with Gasteiger partial charge in [0, 0.05) is 0 Å². The zero-order chi connectivity index (χ0) is 9.84. The first-order chi connectivity index (χ1) is 6.16. The molecule has 0 aromatic carbocycles. The molecule has 0 aliphatic heterocycles. The Kier molecular flexibility index (Phi) is 3.45. The van der Waals surface area contributed by atoms with Crippen molar-refractivity contribution in [2.24, 2.45) is 0 Å². The summed E-state index contributed by atoms with van der Waals surface area (Å²) in [6, 6.07) is 1.70. The summed E-state index contributed by atoms with van der Waals surface area (Å²) < 4.78 is 4.26. The molecule has 3 nitrogen and oxygen atoms in total. The third-order valence-electron chi connectivity index (χ3n) is 1.45. The molecule has 1 atom stereocenters. The van der Waals surface area contributed by atoms with Gasteiger partial charge in [0.25, 0.3) is 5.78 Å². The van der Waals surface area contributed by atoms with Crippen molar-refractivity contribution in [3.63, 3.8) is 0 Å². The molecule has 0 aliphatic carbocycles. The van der Waals surface area contributed by atoms with Gasteiger partial charge in [0.05, 0.1) is 7.11 Å². The minimum Gasteiger partial charge on any atom is -0.463 e. The molecular formula is C8H7ClO3S. The van der Waals surface area contributed by atoms with E-state index in [1.807, 2.05) is 0 Å². The van der Waals surface area contributed by atoms with Crippen LogP contribution in [-0.4, -0.2) is 18.9 Å². The van der Waals surface area contributed by atoms with E-state index >= 15 is 0 Å². The van der Waals surface area contributed by atoms with Gasteiger partial charge < -0.3 is 4.74 Å². The van der Waals surface area contributed by atoms with Gasteiger partial charge in [-0.15, -0.1) is 11.6 Å². The average Bonchev–Trinajstić information content (AvgIpc) is 2.67. The lowest BCUT2D eigenvalue weighted by Gasteiger charge is -2.03. The molecular weight excluding hydrogens is 212 g/mol. The van der Waals surface area contributed by atoms with Gasteiger partial charge in [-0.25, -0.2) is 4.79 Å². The zero-order valence-electron chi connectivity index (χ0n) is 6.82. The van der Waals surface area contributed by atoms with Gasteiger partial charge in [0.2, 0.25) is 0 Å². The first-order valence-electron chi connectivity index (χ1n) is 3.45. The number of carbonyl (C=O) groups is 2. The second kappa shape index (κ2) is 4.39. The molecule has 1 unspecified atom stereocenters. The molecule has 13 heavy (non-hydrogen) atoms. The number of alkyl halides is 1. The number of rotatable bonds is 3. The van der Waals surface area contributed by atoms with Crippen LogP contribution in [0.25, 0.3) is 0 Å². The molecule has 0 N–H and O–H groups in total. The summed E-state index contributed by atoms with van der Waals surface area (Å²) in [5.74, 6) is -1.64. The van der Waals surface area contributed by atoms with Crippen LogP contribution in [0.2, 0.25) is 0 Å². The number of hydrogen-bond acceptors (Lipinski definition) is 4. The second-order valence-corrected chi connectivity index (χ2v) is 3.49. The van der Waals surface area contributed by atoms with Crippen LogP contribution in [0.4, 0.5) is 0 Å². The Bertz CT molecular complexity index is 307. The van der Waals surface area contributed by atoms with Crippen molar-refractivity contribution in [1.82, 2.24) is 0 Å². The standard InChI is InChI=1S/C8H7ClO3S/c1-12-8(11)7(10)6(9)5-2-3-13-4-5/h2-4,6H,1H3. The number of Topliss-reactive ketones (excluding diaryl/α,β-unsaturated/α-hetero) is 1. The molecule has 0 aliphatic rings. The molecule has 0 fully saturated rings. The number of halogens is 1. The highest BCUT2D eigenvalue weighted by molar-refractivity contribution is 7.08. The third kappa shape index (κ3) is 2.29. The van der Waals surface area contributed by atoms with Crippen LogP contribution in [0.15, 0.2) is 16.8 Å². The lowest BCUT2D eigenvalue weighted by Crippen LogP contribution is -2.19. The average molecular weight is 219 g/mol. The summed E-state index contributed by atoms with van der Waals surface area (Å²) in [5.41, 5.74) is 0.627. The van der Waals surface area contributed by atoms with Crippen molar-refractivity contribution in [2.45, 2.75) is 5.38 Å². The van der Waals surface area contributed by atoms with E-state index in [2.05, 4.69) is 4.74 Å². The minimum absolute atomic E-state index is 0.627. The number of esters is 1. The van der Waals surface area contributed by atoms with Crippen molar-refractivity contribution in [3.05, 3.63) is 22.4 Å². The fourth-order valence-electron chi connectivity index (χ4n) is 0.775. The molecule has 1 aromatic rings. The Morgan fingerprint density at radius 1 is 1.62 bits per heavy atom. The number of hydrogen-bond donors (Lipinski definition) is 0. The van der Waals surface area contributed by atoms with E-state index in [-0.39, 0.29) is 0 Å². The predicted molar refractivity (Wildman–Crippen MR) is 49.9 cm³/mol. The lowest BCUT2D eigenvalue weighted by atomic mass is 10.2. The van der Waals surface area contributed by atoms with Crippen LogP contribution in [0.3, 0.4) is 0 Å². The molecule has 0 bridgehead atoms. The molecule has 1 aromatic heterocycles. The molecule has 0 saturated heterocycles. The summed E-state index contributed by atoms with van der Waals surface area (Å²) >= 11 is 7.14. The Labute approximate surface area is 84.3 Å². The molecule has 0 radical (unpaired) electrons. The van der Waals surface area contributed by atoms with Crippen molar-refractivity contribution >= 4 is 34.7 Å². The van der Waals surface area contributed by atoms with Gasteiger partial charge in [-0.05, 0) is 22.4 Å². The van der Waals surface area contributed by atoms with Crippen molar-refractivity contribution in [1.29, 1.82) is 0 Å². The molecule has 0 spiro atoms. The number of thiophene rings is 1. The van der Waals surface area contributed by atoms with E-state index in [0.29, 0.717) is 5.56 Å². The van der Waals surface area contributed by atoms with Gasteiger partial charge in [0.15, 0.2) is 0 Å². The monoisotopic (exact) mass is 218 g/mol. The Hall–Kier alpha value is -0.870. The summed E-state index contributed by atoms with van der Waals surface area (Å²) in [6.07, 6.45) is 0. The fraction of sp³-hybridized carbons (Fsp3) is 0.250. The molecule has 5 heteroatoms. The Balaban J connectivity index is 2.74. The SMILES string of the molecule is COC(=O)C(=O)C(Cl)c1ccsc1. The first kappa shape index (κ1) is 10.2. The van der Waals surface area contributed by atoms with Gasteiger partial charge >= 0.3 is 5.97 Å². The highest BCUT2D eigenvalue weighted by atomic mass is 35.5. The highest BCUT2D eigenvalue weighted by Crippen LogP contribution is 2.23. The van der Waals surface area contributed by atoms with E-state index in [1.54, 1.807) is 16.8 Å².